The Bertz CT molecular complexity index is 331. The summed E-state index contributed by atoms with van der Waals surface area (Å²) in [6.07, 6.45) is 0.732. The quantitative estimate of drug-likeness (QED) is 0.841. The Kier molecular flexibility index (Phi) is 5.13. The first-order chi connectivity index (χ1) is 7.17. The van der Waals surface area contributed by atoms with Gasteiger partial charge >= 0.3 is 0 Å². The molecule has 0 saturated heterocycles. The van der Waals surface area contributed by atoms with Gasteiger partial charge in [-0.1, -0.05) is 34.2 Å². The topological polar surface area (TPSA) is 64.1 Å². The highest BCUT2D eigenvalue weighted by atomic mass is 79.9. The van der Waals surface area contributed by atoms with Crippen molar-refractivity contribution in [3.8, 4) is 0 Å². The summed E-state index contributed by atoms with van der Waals surface area (Å²) >= 11 is 4.57. The minimum atomic E-state index is -0.188. The fraction of sp³-hybridized carbons (Fsp3) is 0.625. The van der Waals surface area contributed by atoms with E-state index in [-0.39, 0.29) is 10.7 Å². The summed E-state index contributed by atoms with van der Waals surface area (Å²) in [5, 5.41) is 11.6. The van der Waals surface area contributed by atoms with Gasteiger partial charge in [0.1, 0.15) is 11.6 Å². The zero-order valence-electron chi connectivity index (χ0n) is 8.49. The number of rotatable bonds is 5. The molecule has 0 aliphatic carbocycles. The number of halogens is 1. The van der Waals surface area contributed by atoms with E-state index in [1.54, 1.807) is 7.11 Å². The minimum absolute atomic E-state index is 0.0994. The number of methoxy groups -OCH3 is 1. The molecule has 0 fully saturated rings. The zero-order chi connectivity index (χ0) is 11.3. The number of alkyl halides is 1. The van der Waals surface area contributed by atoms with Crippen molar-refractivity contribution in [2.75, 3.05) is 12.4 Å². The monoisotopic (exact) mass is 293 g/mol. The summed E-state index contributed by atoms with van der Waals surface area (Å²) in [5.74, 6) is -0.0994. The van der Waals surface area contributed by atoms with Crippen LogP contribution in [0, 0.1) is 0 Å². The molecule has 0 aliphatic rings. The normalized spacial score (nSPS) is 12.5. The second kappa shape index (κ2) is 6.14. The molecule has 0 radical (unpaired) electrons. The second-order valence-electron chi connectivity index (χ2n) is 2.80. The predicted octanol–water partition coefficient (Wildman–Crippen LogP) is 1.80. The predicted molar refractivity (Wildman–Crippen MR) is 62.3 cm³/mol. The zero-order valence-corrected chi connectivity index (χ0v) is 10.9. The first kappa shape index (κ1) is 12.5. The lowest BCUT2D eigenvalue weighted by molar-refractivity contribution is -0.115. The molecule has 1 amide bonds. The third kappa shape index (κ3) is 3.84. The van der Waals surface area contributed by atoms with Gasteiger partial charge in [0.15, 0.2) is 0 Å². The molecule has 7 heteroatoms. The lowest BCUT2D eigenvalue weighted by Crippen LogP contribution is -2.21. The highest BCUT2D eigenvalue weighted by Crippen LogP contribution is 2.17. The molecule has 15 heavy (non-hydrogen) atoms. The van der Waals surface area contributed by atoms with Crippen LogP contribution in [0.25, 0.3) is 0 Å². The van der Waals surface area contributed by atoms with Crippen LogP contribution in [0.15, 0.2) is 0 Å². The smallest absolute Gasteiger partial charge is 0.239 e. The van der Waals surface area contributed by atoms with Crippen LogP contribution in [0.5, 0.6) is 0 Å². The summed E-state index contributed by atoms with van der Waals surface area (Å²) in [7, 11) is 1.59. The molecule has 0 bridgehead atoms. The van der Waals surface area contributed by atoms with E-state index >= 15 is 0 Å². The SMILES string of the molecule is CC[C@@H](Br)C(=O)Nc1nnc(COC)s1. The maximum Gasteiger partial charge on any atom is 0.239 e. The Balaban J connectivity index is 2.53. The van der Waals surface area contributed by atoms with Crippen LogP contribution in [0.4, 0.5) is 5.13 Å². The van der Waals surface area contributed by atoms with Crippen molar-refractivity contribution in [1.82, 2.24) is 10.2 Å². The molecular formula is C8H12BrN3O2S. The van der Waals surface area contributed by atoms with E-state index in [0.29, 0.717) is 11.7 Å². The third-order valence-electron chi connectivity index (χ3n) is 1.61. The number of carbonyl (C=O) groups is 1. The van der Waals surface area contributed by atoms with E-state index in [9.17, 15) is 4.79 Å². The Labute approximate surface area is 100 Å². The van der Waals surface area contributed by atoms with Crippen molar-refractivity contribution in [2.24, 2.45) is 0 Å². The van der Waals surface area contributed by atoms with Crippen molar-refractivity contribution < 1.29 is 9.53 Å². The number of amides is 1. The van der Waals surface area contributed by atoms with E-state index in [1.807, 2.05) is 6.92 Å². The Hall–Kier alpha value is -0.530. The molecule has 1 aromatic rings. The molecule has 0 spiro atoms. The molecule has 1 aromatic heterocycles. The molecule has 0 aliphatic heterocycles. The van der Waals surface area contributed by atoms with E-state index in [1.165, 1.54) is 11.3 Å². The van der Waals surface area contributed by atoms with E-state index < -0.39 is 0 Å². The van der Waals surface area contributed by atoms with Crippen LogP contribution in [0.2, 0.25) is 0 Å². The van der Waals surface area contributed by atoms with Gasteiger partial charge in [0.25, 0.3) is 0 Å². The van der Waals surface area contributed by atoms with Gasteiger partial charge in [-0.25, -0.2) is 0 Å². The first-order valence-electron chi connectivity index (χ1n) is 4.43. The first-order valence-corrected chi connectivity index (χ1v) is 6.16. The lowest BCUT2D eigenvalue weighted by Gasteiger charge is -2.04. The summed E-state index contributed by atoms with van der Waals surface area (Å²) in [4.78, 5) is 11.3. The number of hydrogen-bond acceptors (Lipinski definition) is 5. The van der Waals surface area contributed by atoms with Crippen molar-refractivity contribution in [2.45, 2.75) is 24.8 Å². The summed E-state index contributed by atoms with van der Waals surface area (Å²) in [6, 6.07) is 0. The average molecular weight is 294 g/mol. The average Bonchev–Trinajstić information content (AvgIpc) is 2.65. The number of nitrogens with one attached hydrogen (secondary N) is 1. The largest absolute Gasteiger partial charge is 0.377 e. The third-order valence-corrected chi connectivity index (χ3v) is 3.48. The van der Waals surface area contributed by atoms with Crippen LogP contribution in [-0.4, -0.2) is 28.0 Å². The molecule has 5 nitrogen and oxygen atoms in total. The number of anilines is 1. The van der Waals surface area contributed by atoms with Gasteiger partial charge in [-0.15, -0.1) is 10.2 Å². The van der Waals surface area contributed by atoms with Crippen LogP contribution < -0.4 is 5.32 Å². The van der Waals surface area contributed by atoms with Crippen LogP contribution in [0.1, 0.15) is 18.4 Å². The van der Waals surface area contributed by atoms with Gasteiger partial charge < -0.3 is 4.74 Å². The van der Waals surface area contributed by atoms with Crippen LogP contribution in [-0.2, 0) is 16.1 Å². The van der Waals surface area contributed by atoms with Crippen LogP contribution in [0.3, 0.4) is 0 Å². The Morgan fingerprint density at radius 1 is 1.67 bits per heavy atom. The molecular weight excluding hydrogens is 282 g/mol. The number of ether oxygens (including phenoxy) is 1. The van der Waals surface area contributed by atoms with Crippen molar-refractivity contribution in [3.05, 3.63) is 5.01 Å². The van der Waals surface area contributed by atoms with Gasteiger partial charge in [0.2, 0.25) is 11.0 Å². The summed E-state index contributed by atoms with van der Waals surface area (Å²) in [5.41, 5.74) is 0. The Morgan fingerprint density at radius 2 is 2.40 bits per heavy atom. The van der Waals surface area contributed by atoms with Gasteiger partial charge in [0.05, 0.1) is 4.83 Å². The van der Waals surface area contributed by atoms with Crippen molar-refractivity contribution in [1.29, 1.82) is 0 Å². The van der Waals surface area contributed by atoms with E-state index in [0.717, 1.165) is 11.4 Å². The molecule has 0 aromatic carbocycles. The van der Waals surface area contributed by atoms with Gasteiger partial charge in [-0.2, -0.15) is 0 Å². The molecule has 1 atom stereocenters. The van der Waals surface area contributed by atoms with Crippen LogP contribution >= 0.6 is 27.3 Å². The Morgan fingerprint density at radius 3 is 3.00 bits per heavy atom. The van der Waals surface area contributed by atoms with Gasteiger partial charge in [-0.3, -0.25) is 10.1 Å². The number of hydrogen-bond donors (Lipinski definition) is 1. The maximum atomic E-state index is 11.5. The van der Waals surface area contributed by atoms with Gasteiger partial charge in [-0.05, 0) is 6.42 Å². The van der Waals surface area contributed by atoms with Gasteiger partial charge in [0, 0.05) is 7.11 Å². The van der Waals surface area contributed by atoms with Crippen molar-refractivity contribution >= 4 is 38.3 Å². The minimum Gasteiger partial charge on any atom is -0.377 e. The fourth-order valence-electron chi connectivity index (χ4n) is 0.855. The number of carbonyl (C=O) groups excluding carboxylic acids is 1. The molecule has 84 valence electrons. The maximum absolute atomic E-state index is 11.5. The molecule has 1 N–H and O–H groups in total. The standard InChI is InChI=1S/C8H12BrN3O2S/c1-3-5(9)7(13)10-8-12-11-6(15-8)4-14-2/h5H,3-4H2,1-2H3,(H,10,12,13)/t5-/m1/s1. The molecule has 1 heterocycles. The highest BCUT2D eigenvalue weighted by Gasteiger charge is 2.14. The van der Waals surface area contributed by atoms with Crippen molar-refractivity contribution in [3.63, 3.8) is 0 Å². The summed E-state index contributed by atoms with van der Waals surface area (Å²) < 4.78 is 4.90. The van der Waals surface area contributed by atoms with E-state index in [2.05, 4.69) is 31.4 Å². The lowest BCUT2D eigenvalue weighted by atomic mass is 10.3. The highest BCUT2D eigenvalue weighted by molar-refractivity contribution is 9.10. The fourth-order valence-corrected chi connectivity index (χ4v) is 1.68. The van der Waals surface area contributed by atoms with E-state index in [4.69, 9.17) is 4.74 Å². The number of nitrogens with zero attached hydrogens (tertiary/aromatic N) is 2. The molecule has 0 unspecified atom stereocenters. The number of aromatic nitrogens is 2. The second-order valence-corrected chi connectivity index (χ2v) is 4.97. The molecule has 1 rings (SSSR count). The summed E-state index contributed by atoms with van der Waals surface area (Å²) in [6.45, 7) is 2.34. The molecule has 0 saturated carbocycles.